The molecule has 0 spiro atoms. The molecule has 1 aromatic carbocycles. The number of aliphatic hydroxyl groups excluding tert-OH is 1. The van der Waals surface area contributed by atoms with E-state index in [1.165, 1.54) is 12.1 Å². The third kappa shape index (κ3) is 5.02. The van der Waals surface area contributed by atoms with Gasteiger partial charge in [-0.25, -0.2) is 4.39 Å². The lowest BCUT2D eigenvalue weighted by Gasteiger charge is -2.35. The number of nitrogens with zero attached hydrogens (tertiary/aromatic N) is 3. The van der Waals surface area contributed by atoms with Crippen molar-refractivity contribution in [2.24, 2.45) is 0 Å². The SMILES string of the molecule is OC(COc1ccc(F)cc1)CN1CCN(Cc2ccon2)CC1. The van der Waals surface area contributed by atoms with Crippen LogP contribution in [-0.2, 0) is 6.54 Å². The van der Waals surface area contributed by atoms with Crippen molar-refractivity contribution in [3.8, 4) is 5.75 Å². The van der Waals surface area contributed by atoms with Crippen molar-refractivity contribution in [2.45, 2.75) is 12.6 Å². The molecule has 1 aliphatic rings. The summed E-state index contributed by atoms with van der Waals surface area (Å²) in [4.78, 5) is 4.54. The average molecular weight is 335 g/mol. The number of ether oxygens (including phenoxy) is 1. The Morgan fingerprint density at radius 3 is 2.50 bits per heavy atom. The van der Waals surface area contributed by atoms with Crippen LogP contribution in [0.15, 0.2) is 41.1 Å². The van der Waals surface area contributed by atoms with E-state index in [1.807, 2.05) is 6.07 Å². The van der Waals surface area contributed by atoms with Crippen molar-refractivity contribution in [1.82, 2.24) is 15.0 Å². The summed E-state index contributed by atoms with van der Waals surface area (Å²) in [5, 5.41) is 14.0. The van der Waals surface area contributed by atoms with Crippen LogP contribution in [0.25, 0.3) is 0 Å². The number of hydrogen-bond donors (Lipinski definition) is 1. The van der Waals surface area contributed by atoms with Gasteiger partial charge in [0, 0.05) is 45.3 Å². The van der Waals surface area contributed by atoms with Crippen molar-refractivity contribution in [2.75, 3.05) is 39.3 Å². The Balaban J connectivity index is 1.35. The van der Waals surface area contributed by atoms with Gasteiger partial charge in [-0.3, -0.25) is 9.80 Å². The number of hydrogen-bond acceptors (Lipinski definition) is 6. The molecule has 1 N–H and O–H groups in total. The Hall–Kier alpha value is -1.96. The van der Waals surface area contributed by atoms with Crippen molar-refractivity contribution in [3.05, 3.63) is 48.1 Å². The minimum Gasteiger partial charge on any atom is -0.491 e. The smallest absolute Gasteiger partial charge is 0.124 e. The van der Waals surface area contributed by atoms with Gasteiger partial charge in [0.2, 0.25) is 0 Å². The molecule has 0 radical (unpaired) electrons. The van der Waals surface area contributed by atoms with Crippen LogP contribution in [-0.4, -0.2) is 65.5 Å². The largest absolute Gasteiger partial charge is 0.491 e. The predicted octanol–water partition coefficient (Wildman–Crippen LogP) is 1.37. The second-order valence-corrected chi connectivity index (χ2v) is 5.99. The van der Waals surface area contributed by atoms with Crippen LogP contribution < -0.4 is 4.74 Å². The normalized spacial score (nSPS) is 17.8. The molecule has 24 heavy (non-hydrogen) atoms. The van der Waals surface area contributed by atoms with Gasteiger partial charge in [-0.2, -0.15) is 0 Å². The molecule has 7 heteroatoms. The molecule has 2 aromatic rings. The van der Waals surface area contributed by atoms with Crippen LogP contribution in [0.3, 0.4) is 0 Å². The minimum absolute atomic E-state index is 0.199. The number of benzene rings is 1. The Labute approximate surface area is 140 Å². The third-order valence-corrected chi connectivity index (χ3v) is 4.07. The van der Waals surface area contributed by atoms with Crippen molar-refractivity contribution in [1.29, 1.82) is 0 Å². The predicted molar refractivity (Wildman–Crippen MR) is 86.1 cm³/mol. The van der Waals surface area contributed by atoms with Crippen LogP contribution in [0.2, 0.25) is 0 Å². The van der Waals surface area contributed by atoms with Gasteiger partial charge in [0.05, 0.1) is 5.69 Å². The molecule has 0 amide bonds. The Morgan fingerprint density at radius 2 is 1.83 bits per heavy atom. The first kappa shape index (κ1) is 16.9. The highest BCUT2D eigenvalue weighted by atomic mass is 19.1. The van der Waals surface area contributed by atoms with Gasteiger partial charge in [-0.05, 0) is 24.3 Å². The van der Waals surface area contributed by atoms with Crippen LogP contribution in [0.5, 0.6) is 5.75 Å². The molecule has 130 valence electrons. The maximum atomic E-state index is 12.8. The van der Waals surface area contributed by atoms with Crippen LogP contribution in [0.4, 0.5) is 4.39 Å². The van der Waals surface area contributed by atoms with E-state index in [1.54, 1.807) is 18.4 Å². The Bertz CT molecular complexity index is 598. The zero-order valence-corrected chi connectivity index (χ0v) is 13.5. The number of β-amino-alcohol motifs (C(OH)–C–C–N with tert-alkyl or cyclic N) is 1. The number of aliphatic hydroxyl groups is 1. The number of halogens is 1. The summed E-state index contributed by atoms with van der Waals surface area (Å²) < 4.78 is 23.1. The van der Waals surface area contributed by atoms with Crippen LogP contribution >= 0.6 is 0 Å². The van der Waals surface area contributed by atoms with Gasteiger partial charge in [-0.15, -0.1) is 0 Å². The minimum atomic E-state index is -0.572. The number of piperazine rings is 1. The summed E-state index contributed by atoms with van der Waals surface area (Å²) in [5.74, 6) is 0.263. The van der Waals surface area contributed by atoms with E-state index in [0.717, 1.165) is 38.4 Å². The van der Waals surface area contributed by atoms with Crippen LogP contribution in [0.1, 0.15) is 5.69 Å². The second-order valence-electron chi connectivity index (χ2n) is 5.99. The molecule has 1 atom stereocenters. The fraction of sp³-hybridized carbons (Fsp3) is 0.471. The molecule has 1 unspecified atom stereocenters. The first-order valence-electron chi connectivity index (χ1n) is 8.09. The maximum absolute atomic E-state index is 12.8. The maximum Gasteiger partial charge on any atom is 0.124 e. The summed E-state index contributed by atoms with van der Waals surface area (Å²) in [6, 6.07) is 7.68. The van der Waals surface area contributed by atoms with E-state index < -0.39 is 6.10 Å². The zero-order chi connectivity index (χ0) is 16.8. The van der Waals surface area contributed by atoms with E-state index in [0.29, 0.717) is 12.3 Å². The van der Waals surface area contributed by atoms with Gasteiger partial charge in [0.1, 0.15) is 30.5 Å². The molecule has 6 nitrogen and oxygen atoms in total. The molecule has 0 aliphatic carbocycles. The molecular weight excluding hydrogens is 313 g/mol. The highest BCUT2D eigenvalue weighted by molar-refractivity contribution is 5.22. The molecule has 0 bridgehead atoms. The lowest BCUT2D eigenvalue weighted by molar-refractivity contribution is 0.0442. The summed E-state index contributed by atoms with van der Waals surface area (Å²) in [6.07, 6.45) is 1.01. The van der Waals surface area contributed by atoms with E-state index in [9.17, 15) is 9.50 Å². The van der Waals surface area contributed by atoms with E-state index in [4.69, 9.17) is 9.26 Å². The monoisotopic (exact) mass is 335 g/mol. The Morgan fingerprint density at radius 1 is 1.12 bits per heavy atom. The van der Waals surface area contributed by atoms with Crippen molar-refractivity contribution < 1.29 is 18.8 Å². The van der Waals surface area contributed by atoms with E-state index in [2.05, 4.69) is 15.0 Å². The van der Waals surface area contributed by atoms with Gasteiger partial charge >= 0.3 is 0 Å². The van der Waals surface area contributed by atoms with E-state index >= 15 is 0 Å². The van der Waals surface area contributed by atoms with Crippen LogP contribution in [0, 0.1) is 5.82 Å². The van der Waals surface area contributed by atoms with Gasteiger partial charge < -0.3 is 14.4 Å². The topological polar surface area (TPSA) is 62.0 Å². The molecular formula is C17H22FN3O3. The molecule has 2 heterocycles. The molecule has 1 aromatic heterocycles. The van der Waals surface area contributed by atoms with Gasteiger partial charge in [0.15, 0.2) is 0 Å². The van der Waals surface area contributed by atoms with Gasteiger partial charge in [0.25, 0.3) is 0 Å². The first-order chi connectivity index (χ1) is 11.7. The summed E-state index contributed by atoms with van der Waals surface area (Å²) in [5.41, 5.74) is 0.941. The highest BCUT2D eigenvalue weighted by Gasteiger charge is 2.20. The quantitative estimate of drug-likeness (QED) is 0.825. The number of rotatable bonds is 7. The fourth-order valence-corrected chi connectivity index (χ4v) is 2.75. The standard InChI is InChI=1S/C17H22FN3O3/c18-14-1-3-17(4-2-14)23-13-16(22)12-21-8-6-20(7-9-21)11-15-5-10-24-19-15/h1-5,10,16,22H,6-9,11-13H2. The second kappa shape index (κ2) is 8.23. The molecule has 0 saturated carbocycles. The first-order valence-corrected chi connectivity index (χ1v) is 8.09. The Kier molecular flexibility index (Phi) is 5.79. The lowest BCUT2D eigenvalue weighted by atomic mass is 10.2. The van der Waals surface area contributed by atoms with Crippen molar-refractivity contribution in [3.63, 3.8) is 0 Å². The molecule has 3 rings (SSSR count). The zero-order valence-electron chi connectivity index (χ0n) is 13.5. The molecule has 1 fully saturated rings. The highest BCUT2D eigenvalue weighted by Crippen LogP contribution is 2.12. The van der Waals surface area contributed by atoms with E-state index in [-0.39, 0.29) is 12.4 Å². The average Bonchev–Trinajstić information content (AvgIpc) is 3.09. The number of aromatic nitrogens is 1. The van der Waals surface area contributed by atoms with Crippen molar-refractivity contribution >= 4 is 0 Å². The third-order valence-electron chi connectivity index (χ3n) is 4.07. The molecule has 1 saturated heterocycles. The lowest BCUT2D eigenvalue weighted by Crippen LogP contribution is -2.48. The van der Waals surface area contributed by atoms with Gasteiger partial charge in [-0.1, -0.05) is 5.16 Å². The summed E-state index contributed by atoms with van der Waals surface area (Å²) in [6.45, 7) is 5.21. The molecule has 1 aliphatic heterocycles. The summed E-state index contributed by atoms with van der Waals surface area (Å²) in [7, 11) is 0. The fourth-order valence-electron chi connectivity index (χ4n) is 2.75. The summed E-state index contributed by atoms with van der Waals surface area (Å²) >= 11 is 0.